The molecule has 32 heavy (non-hydrogen) atoms. The number of fused-ring (bicyclic) bond motifs is 1. The van der Waals surface area contributed by atoms with Gasteiger partial charge >= 0.3 is 0 Å². The van der Waals surface area contributed by atoms with Gasteiger partial charge in [0.25, 0.3) is 5.91 Å². The van der Waals surface area contributed by atoms with E-state index in [2.05, 4.69) is 16.9 Å². The number of nitrogens with zero attached hydrogens (tertiary/aromatic N) is 3. The molecule has 8 heteroatoms. The van der Waals surface area contributed by atoms with E-state index in [1.165, 1.54) is 30.8 Å². The largest absolute Gasteiger partial charge is 0.351 e. The fourth-order valence-corrected chi connectivity index (χ4v) is 5.18. The van der Waals surface area contributed by atoms with Crippen molar-refractivity contribution in [2.75, 3.05) is 46.3 Å². The SMILES string of the molecule is Cl.[2H]c1c(C(=O)N(CC)CC(=O)N2CCC(C3CCN(C)CC3)CC2)[nH]c2ccc(Cl)cc12. The Hall–Kier alpha value is -1.76. The summed E-state index contributed by atoms with van der Waals surface area (Å²) in [6.07, 6.45) is 4.64. The van der Waals surface area contributed by atoms with Gasteiger partial charge in [0.15, 0.2) is 0 Å². The number of likely N-dealkylation sites (N-methyl/N-ethyl adjacent to an activating group) is 1. The number of hydrogen-bond acceptors (Lipinski definition) is 3. The molecule has 2 amide bonds. The molecule has 6 nitrogen and oxygen atoms in total. The van der Waals surface area contributed by atoms with Crippen molar-refractivity contribution in [3.05, 3.63) is 35.0 Å². The quantitative estimate of drug-likeness (QED) is 0.692. The monoisotopic (exact) mass is 481 g/mol. The van der Waals surface area contributed by atoms with Crippen molar-refractivity contribution >= 4 is 46.7 Å². The van der Waals surface area contributed by atoms with E-state index >= 15 is 0 Å². The first-order valence-corrected chi connectivity index (χ1v) is 11.8. The number of nitrogens with one attached hydrogen (secondary N) is 1. The van der Waals surface area contributed by atoms with Crippen LogP contribution in [0.5, 0.6) is 0 Å². The van der Waals surface area contributed by atoms with E-state index in [1.807, 2.05) is 11.8 Å². The van der Waals surface area contributed by atoms with E-state index < -0.39 is 0 Å². The Bertz CT molecular complexity index is 982. The van der Waals surface area contributed by atoms with Crippen molar-refractivity contribution in [2.45, 2.75) is 32.6 Å². The van der Waals surface area contributed by atoms with Gasteiger partial charge < -0.3 is 19.7 Å². The van der Waals surface area contributed by atoms with Gasteiger partial charge in [-0.1, -0.05) is 11.6 Å². The smallest absolute Gasteiger partial charge is 0.270 e. The molecule has 0 atom stereocenters. The molecule has 1 N–H and O–H groups in total. The summed E-state index contributed by atoms with van der Waals surface area (Å²) in [5, 5.41) is 1.13. The van der Waals surface area contributed by atoms with Gasteiger partial charge in [-0.15, -0.1) is 12.4 Å². The molecule has 0 spiro atoms. The summed E-state index contributed by atoms with van der Waals surface area (Å²) in [4.78, 5) is 35.0. The van der Waals surface area contributed by atoms with Crippen LogP contribution < -0.4 is 0 Å². The minimum absolute atomic E-state index is 0. The molecule has 2 aromatic rings. The Morgan fingerprint density at radius 2 is 1.78 bits per heavy atom. The van der Waals surface area contributed by atoms with Gasteiger partial charge in [0, 0.05) is 35.6 Å². The molecule has 0 unspecified atom stereocenters. The highest BCUT2D eigenvalue weighted by Gasteiger charge is 2.31. The van der Waals surface area contributed by atoms with E-state index in [-0.39, 0.29) is 42.5 Å². The minimum Gasteiger partial charge on any atom is -0.351 e. The first-order chi connectivity index (χ1) is 15.4. The second-order valence-corrected chi connectivity index (χ2v) is 9.43. The molecule has 1 aromatic heterocycles. The maximum atomic E-state index is 13.1. The van der Waals surface area contributed by atoms with Gasteiger partial charge in [0.05, 0.1) is 1.37 Å². The van der Waals surface area contributed by atoms with Crippen molar-refractivity contribution in [1.29, 1.82) is 0 Å². The average molecular weight is 482 g/mol. The molecule has 0 bridgehead atoms. The fraction of sp³-hybridized carbons (Fsp3) is 0.583. The Morgan fingerprint density at radius 3 is 2.41 bits per heavy atom. The van der Waals surface area contributed by atoms with Crippen LogP contribution in [0.1, 0.15) is 44.5 Å². The molecule has 1 aromatic carbocycles. The Labute approximate surface area is 203 Å². The second-order valence-electron chi connectivity index (χ2n) is 8.99. The van der Waals surface area contributed by atoms with Gasteiger partial charge in [-0.2, -0.15) is 0 Å². The van der Waals surface area contributed by atoms with Crippen molar-refractivity contribution in [1.82, 2.24) is 19.7 Å². The van der Waals surface area contributed by atoms with Gasteiger partial charge in [-0.05, 0) is 88.8 Å². The highest BCUT2D eigenvalue weighted by atomic mass is 35.5. The second kappa shape index (κ2) is 10.9. The molecule has 4 rings (SSSR count). The summed E-state index contributed by atoms with van der Waals surface area (Å²) in [7, 11) is 2.19. The normalized spacial score (nSPS) is 19.0. The predicted molar refractivity (Wildman–Crippen MR) is 132 cm³/mol. The van der Waals surface area contributed by atoms with Crippen LogP contribution >= 0.6 is 24.0 Å². The van der Waals surface area contributed by atoms with Gasteiger partial charge in [-0.25, -0.2) is 0 Å². The van der Waals surface area contributed by atoms with Crippen LogP contribution in [-0.4, -0.2) is 77.8 Å². The average Bonchev–Trinajstić information content (AvgIpc) is 3.13. The number of aromatic nitrogens is 1. The van der Waals surface area contributed by atoms with Crippen LogP contribution in [0.15, 0.2) is 24.2 Å². The van der Waals surface area contributed by atoms with Gasteiger partial charge in [-0.3, -0.25) is 9.59 Å². The van der Waals surface area contributed by atoms with Crippen LogP contribution in [-0.2, 0) is 4.79 Å². The number of halogens is 2. The zero-order valence-corrected chi connectivity index (χ0v) is 20.5. The van der Waals surface area contributed by atoms with Crippen LogP contribution in [0.2, 0.25) is 5.02 Å². The standard InChI is InChI=1S/C24H33ClN4O2.ClH/c1-3-28(24(31)22-15-19-14-20(25)4-5-21(19)26-22)16-23(30)29-12-8-18(9-13-29)17-6-10-27(2)11-7-17;/h4-5,14-15,17-18,26H,3,6-13,16H2,1-2H3;1H/i15D;. The lowest BCUT2D eigenvalue weighted by molar-refractivity contribution is -0.133. The van der Waals surface area contributed by atoms with Crippen LogP contribution in [0.4, 0.5) is 0 Å². The van der Waals surface area contributed by atoms with E-state index in [4.69, 9.17) is 13.0 Å². The Balaban J connectivity index is 0.00000306. The van der Waals surface area contributed by atoms with Crippen molar-refractivity contribution < 1.29 is 11.0 Å². The maximum Gasteiger partial charge on any atom is 0.270 e. The summed E-state index contributed by atoms with van der Waals surface area (Å²) in [6.45, 7) is 6.22. The fourth-order valence-electron chi connectivity index (χ4n) is 5.01. The molecular weight excluding hydrogens is 447 g/mol. The number of amides is 2. The van der Waals surface area contributed by atoms with E-state index in [9.17, 15) is 9.59 Å². The van der Waals surface area contributed by atoms with Gasteiger partial charge in [0.1, 0.15) is 12.2 Å². The zero-order chi connectivity index (χ0) is 22.8. The first kappa shape index (κ1) is 23.4. The summed E-state index contributed by atoms with van der Waals surface area (Å²) in [5.41, 5.74) is 0.902. The van der Waals surface area contributed by atoms with E-state index in [0.29, 0.717) is 28.4 Å². The van der Waals surface area contributed by atoms with Crippen LogP contribution in [0.3, 0.4) is 0 Å². The molecule has 3 heterocycles. The van der Waals surface area contributed by atoms with Crippen molar-refractivity contribution in [2.24, 2.45) is 11.8 Å². The van der Waals surface area contributed by atoms with Crippen LogP contribution in [0, 0.1) is 11.8 Å². The number of carbonyl (C=O) groups is 2. The maximum absolute atomic E-state index is 13.1. The Morgan fingerprint density at radius 1 is 1.16 bits per heavy atom. The molecule has 2 aliphatic heterocycles. The number of rotatable bonds is 5. The lowest BCUT2D eigenvalue weighted by Gasteiger charge is -2.39. The van der Waals surface area contributed by atoms with Crippen molar-refractivity contribution in [3.63, 3.8) is 0 Å². The zero-order valence-electron chi connectivity index (χ0n) is 19.9. The molecule has 176 valence electrons. The lowest BCUT2D eigenvalue weighted by atomic mass is 9.79. The van der Waals surface area contributed by atoms with Gasteiger partial charge in [0.2, 0.25) is 5.91 Å². The highest BCUT2D eigenvalue weighted by molar-refractivity contribution is 6.31. The van der Waals surface area contributed by atoms with Crippen molar-refractivity contribution in [3.8, 4) is 0 Å². The highest BCUT2D eigenvalue weighted by Crippen LogP contribution is 2.32. The number of carbonyl (C=O) groups excluding carboxylic acids is 2. The number of aromatic amines is 1. The number of likely N-dealkylation sites (tertiary alicyclic amines) is 2. The molecule has 2 aliphatic rings. The third kappa shape index (κ3) is 5.59. The topological polar surface area (TPSA) is 59.7 Å². The third-order valence-corrected chi connectivity index (χ3v) is 7.27. The molecule has 0 saturated carbocycles. The first-order valence-electron chi connectivity index (χ1n) is 11.9. The summed E-state index contributed by atoms with van der Waals surface area (Å²) in [6, 6.07) is 5.30. The lowest BCUT2D eigenvalue weighted by Crippen LogP contribution is -2.47. The predicted octanol–water partition coefficient (Wildman–Crippen LogP) is 4.29. The number of H-pyrrole nitrogens is 1. The summed E-state index contributed by atoms with van der Waals surface area (Å²) in [5.74, 6) is 1.16. The third-order valence-electron chi connectivity index (χ3n) is 7.03. The summed E-state index contributed by atoms with van der Waals surface area (Å²) >= 11 is 6.05. The molecule has 2 saturated heterocycles. The van der Waals surface area contributed by atoms with E-state index in [0.717, 1.165) is 31.8 Å². The number of benzene rings is 1. The Kier molecular flexibility index (Phi) is 7.98. The molecule has 0 radical (unpaired) electrons. The van der Waals surface area contributed by atoms with E-state index in [1.54, 1.807) is 18.2 Å². The molecule has 0 aliphatic carbocycles. The molecule has 2 fully saturated rings. The number of hydrogen-bond donors (Lipinski definition) is 1. The number of piperidine rings is 2. The minimum atomic E-state index is -0.320. The molecular formula is C24H34Cl2N4O2. The summed E-state index contributed by atoms with van der Waals surface area (Å²) < 4.78 is 8.39. The van der Waals surface area contributed by atoms with Crippen LogP contribution in [0.25, 0.3) is 10.9 Å².